The number of fused-ring (bicyclic) bond motifs is 3. The molecule has 1 N–H and O–H groups in total. The van der Waals surface area contributed by atoms with E-state index < -0.39 is 5.97 Å². The smallest absolute Gasteiger partial charge is 0.336 e. The highest BCUT2D eigenvalue weighted by Crippen LogP contribution is 2.31. The lowest BCUT2D eigenvalue weighted by molar-refractivity contribution is 0.0695. The summed E-state index contributed by atoms with van der Waals surface area (Å²) in [6.45, 7) is 0.561. The standard InChI is InChI=1S/C19H18N2O2/c22-19(23)14-7-2-1-6-13(14)12-21-17-10-4-3-8-15(17)16-9-5-11-20-18(16)21/h1-2,5-7,9,11H,3-4,8,10,12H2,(H,22,23). The Balaban J connectivity index is 1.89. The minimum absolute atomic E-state index is 0.370. The molecule has 0 saturated carbocycles. The van der Waals surface area contributed by atoms with Crippen molar-refractivity contribution in [1.82, 2.24) is 9.55 Å². The first-order valence-electron chi connectivity index (χ1n) is 8.02. The zero-order chi connectivity index (χ0) is 15.8. The average molecular weight is 306 g/mol. The molecule has 2 heterocycles. The van der Waals surface area contributed by atoms with E-state index in [-0.39, 0.29) is 0 Å². The summed E-state index contributed by atoms with van der Waals surface area (Å²) in [7, 11) is 0. The van der Waals surface area contributed by atoms with Gasteiger partial charge in [0.15, 0.2) is 0 Å². The van der Waals surface area contributed by atoms with Crippen LogP contribution in [0.25, 0.3) is 11.0 Å². The van der Waals surface area contributed by atoms with Crippen LogP contribution in [0.1, 0.15) is 40.0 Å². The van der Waals surface area contributed by atoms with Crippen molar-refractivity contribution < 1.29 is 9.90 Å². The van der Waals surface area contributed by atoms with Gasteiger partial charge in [0.1, 0.15) is 5.65 Å². The van der Waals surface area contributed by atoms with Crippen molar-refractivity contribution in [3.05, 3.63) is 65.0 Å². The van der Waals surface area contributed by atoms with Crippen LogP contribution in [0.3, 0.4) is 0 Å². The molecule has 0 fully saturated rings. The fourth-order valence-electron chi connectivity index (χ4n) is 3.66. The van der Waals surface area contributed by atoms with E-state index in [0.29, 0.717) is 12.1 Å². The number of aryl methyl sites for hydroxylation is 1. The number of hydrogen-bond donors (Lipinski definition) is 1. The van der Waals surface area contributed by atoms with Gasteiger partial charge in [-0.15, -0.1) is 0 Å². The Morgan fingerprint density at radius 2 is 1.96 bits per heavy atom. The SMILES string of the molecule is O=C(O)c1ccccc1Cn1c2c(c3cccnc31)CCCC2. The Kier molecular flexibility index (Phi) is 3.37. The maximum absolute atomic E-state index is 11.5. The molecule has 3 aromatic rings. The Labute approximate surface area is 134 Å². The van der Waals surface area contributed by atoms with Gasteiger partial charge in [0.25, 0.3) is 0 Å². The van der Waals surface area contributed by atoms with Gasteiger partial charge in [-0.1, -0.05) is 18.2 Å². The number of benzene rings is 1. The molecule has 1 aliphatic carbocycles. The summed E-state index contributed by atoms with van der Waals surface area (Å²) in [5.74, 6) is -0.876. The molecule has 4 rings (SSSR count). The van der Waals surface area contributed by atoms with Gasteiger partial charge in [-0.05, 0) is 55.0 Å². The molecule has 0 bridgehead atoms. The van der Waals surface area contributed by atoms with Crippen LogP contribution in [-0.4, -0.2) is 20.6 Å². The Hall–Kier alpha value is -2.62. The topological polar surface area (TPSA) is 55.1 Å². The van der Waals surface area contributed by atoms with E-state index in [1.54, 1.807) is 12.1 Å². The summed E-state index contributed by atoms with van der Waals surface area (Å²) in [6, 6.07) is 11.3. The van der Waals surface area contributed by atoms with Gasteiger partial charge < -0.3 is 9.67 Å². The number of carboxylic acids is 1. The molecule has 0 unspecified atom stereocenters. The lowest BCUT2D eigenvalue weighted by Crippen LogP contribution is -2.12. The predicted molar refractivity (Wildman–Crippen MR) is 88.9 cm³/mol. The molecule has 4 heteroatoms. The largest absolute Gasteiger partial charge is 0.478 e. The molecule has 0 spiro atoms. The molecule has 0 radical (unpaired) electrons. The third-order valence-corrected chi connectivity index (χ3v) is 4.71. The Morgan fingerprint density at radius 1 is 1.13 bits per heavy atom. The molecule has 0 aliphatic heterocycles. The van der Waals surface area contributed by atoms with Crippen molar-refractivity contribution in [2.24, 2.45) is 0 Å². The van der Waals surface area contributed by atoms with E-state index in [9.17, 15) is 9.90 Å². The van der Waals surface area contributed by atoms with Gasteiger partial charge in [-0.3, -0.25) is 0 Å². The van der Waals surface area contributed by atoms with Gasteiger partial charge in [-0.25, -0.2) is 9.78 Å². The molecule has 116 valence electrons. The van der Waals surface area contributed by atoms with Crippen LogP contribution in [0.5, 0.6) is 0 Å². The normalized spacial score (nSPS) is 13.9. The highest BCUT2D eigenvalue weighted by Gasteiger charge is 2.21. The summed E-state index contributed by atoms with van der Waals surface area (Å²) >= 11 is 0. The summed E-state index contributed by atoms with van der Waals surface area (Å²) < 4.78 is 2.21. The quantitative estimate of drug-likeness (QED) is 0.803. The zero-order valence-corrected chi connectivity index (χ0v) is 12.8. The summed E-state index contributed by atoms with van der Waals surface area (Å²) in [5, 5.41) is 10.6. The maximum atomic E-state index is 11.5. The van der Waals surface area contributed by atoms with E-state index in [1.165, 1.54) is 29.5 Å². The number of nitrogens with zero attached hydrogens (tertiary/aromatic N) is 2. The van der Waals surface area contributed by atoms with E-state index in [4.69, 9.17) is 0 Å². The molecule has 1 aromatic carbocycles. The molecule has 23 heavy (non-hydrogen) atoms. The molecular weight excluding hydrogens is 288 g/mol. The van der Waals surface area contributed by atoms with E-state index >= 15 is 0 Å². The first-order chi connectivity index (χ1) is 11.3. The number of pyridine rings is 1. The molecule has 0 atom stereocenters. The Morgan fingerprint density at radius 3 is 2.83 bits per heavy atom. The van der Waals surface area contributed by atoms with Crippen LogP contribution in [0.15, 0.2) is 42.6 Å². The number of carbonyl (C=O) groups is 1. The summed E-state index contributed by atoms with van der Waals surface area (Å²) in [4.78, 5) is 16.1. The van der Waals surface area contributed by atoms with E-state index in [1.807, 2.05) is 24.4 Å². The highest BCUT2D eigenvalue weighted by molar-refractivity contribution is 5.89. The van der Waals surface area contributed by atoms with Crippen LogP contribution < -0.4 is 0 Å². The zero-order valence-electron chi connectivity index (χ0n) is 12.8. The van der Waals surface area contributed by atoms with Crippen molar-refractivity contribution >= 4 is 17.0 Å². The second-order valence-corrected chi connectivity index (χ2v) is 6.06. The lowest BCUT2D eigenvalue weighted by atomic mass is 9.96. The molecule has 0 amide bonds. The van der Waals surface area contributed by atoms with Crippen LogP contribution in [-0.2, 0) is 19.4 Å². The van der Waals surface area contributed by atoms with Crippen LogP contribution in [0.2, 0.25) is 0 Å². The molecule has 2 aromatic heterocycles. The van der Waals surface area contributed by atoms with E-state index in [0.717, 1.165) is 24.1 Å². The fraction of sp³-hybridized carbons (Fsp3) is 0.263. The summed E-state index contributed by atoms with van der Waals surface area (Å²) in [5.41, 5.74) is 4.89. The third-order valence-electron chi connectivity index (χ3n) is 4.71. The minimum Gasteiger partial charge on any atom is -0.478 e. The molecule has 1 aliphatic rings. The van der Waals surface area contributed by atoms with Crippen molar-refractivity contribution in [2.45, 2.75) is 32.2 Å². The van der Waals surface area contributed by atoms with Gasteiger partial charge in [0, 0.05) is 17.3 Å². The highest BCUT2D eigenvalue weighted by atomic mass is 16.4. The van der Waals surface area contributed by atoms with Crippen LogP contribution in [0.4, 0.5) is 0 Å². The minimum atomic E-state index is -0.876. The fourth-order valence-corrected chi connectivity index (χ4v) is 3.66. The monoisotopic (exact) mass is 306 g/mol. The number of rotatable bonds is 3. The van der Waals surface area contributed by atoms with Crippen molar-refractivity contribution in [2.75, 3.05) is 0 Å². The second-order valence-electron chi connectivity index (χ2n) is 6.06. The average Bonchev–Trinajstić information content (AvgIpc) is 2.90. The first kappa shape index (κ1) is 14.0. The van der Waals surface area contributed by atoms with Gasteiger partial charge >= 0.3 is 5.97 Å². The molecule has 0 saturated heterocycles. The number of hydrogen-bond acceptors (Lipinski definition) is 2. The maximum Gasteiger partial charge on any atom is 0.336 e. The van der Waals surface area contributed by atoms with Crippen LogP contribution >= 0.6 is 0 Å². The van der Waals surface area contributed by atoms with Crippen molar-refractivity contribution in [3.8, 4) is 0 Å². The second kappa shape index (κ2) is 5.54. The van der Waals surface area contributed by atoms with Gasteiger partial charge in [0.2, 0.25) is 0 Å². The van der Waals surface area contributed by atoms with Gasteiger partial charge in [0.05, 0.1) is 12.1 Å². The van der Waals surface area contributed by atoms with Crippen LogP contribution in [0, 0.1) is 0 Å². The first-order valence-corrected chi connectivity index (χ1v) is 8.02. The number of aromatic carboxylic acids is 1. The summed E-state index contributed by atoms with van der Waals surface area (Å²) in [6.07, 6.45) is 6.34. The predicted octanol–water partition coefficient (Wildman–Crippen LogP) is 3.66. The van der Waals surface area contributed by atoms with Crippen molar-refractivity contribution in [1.29, 1.82) is 0 Å². The number of aromatic nitrogens is 2. The Bertz CT molecular complexity index is 896. The molecular formula is C19H18N2O2. The molecule has 4 nitrogen and oxygen atoms in total. The van der Waals surface area contributed by atoms with Crippen molar-refractivity contribution in [3.63, 3.8) is 0 Å². The van der Waals surface area contributed by atoms with E-state index in [2.05, 4.69) is 15.6 Å². The lowest BCUT2D eigenvalue weighted by Gasteiger charge is -2.16. The van der Waals surface area contributed by atoms with Gasteiger partial charge in [-0.2, -0.15) is 0 Å². The number of carboxylic acid groups (broad SMARTS) is 1. The third kappa shape index (κ3) is 2.31.